The summed E-state index contributed by atoms with van der Waals surface area (Å²) in [5, 5.41) is 4.28. The molecule has 1 aliphatic rings. The number of hydrogen-bond donors (Lipinski definition) is 1. The first-order chi connectivity index (χ1) is 8.00. The molecular formula is C12H14N4O. The topological polar surface area (TPSA) is 73.3 Å². The van der Waals surface area contributed by atoms with E-state index in [-0.39, 0.29) is 17.2 Å². The molecule has 2 aromatic heterocycles. The zero-order valence-electron chi connectivity index (χ0n) is 9.84. The van der Waals surface area contributed by atoms with Gasteiger partial charge < -0.3 is 5.73 Å². The van der Waals surface area contributed by atoms with Crippen LogP contribution in [0.5, 0.6) is 0 Å². The van der Waals surface area contributed by atoms with Gasteiger partial charge in [0.1, 0.15) is 0 Å². The Bertz CT molecular complexity index is 614. The van der Waals surface area contributed by atoms with Crippen LogP contribution in [0, 0.1) is 0 Å². The van der Waals surface area contributed by atoms with Crippen molar-refractivity contribution in [1.82, 2.24) is 14.6 Å². The number of nitrogens with zero attached hydrogens (tertiary/aromatic N) is 3. The van der Waals surface area contributed by atoms with Crippen LogP contribution in [-0.4, -0.2) is 20.5 Å². The van der Waals surface area contributed by atoms with Crippen LogP contribution in [0.1, 0.15) is 37.4 Å². The van der Waals surface area contributed by atoms with E-state index in [0.717, 1.165) is 23.3 Å². The van der Waals surface area contributed by atoms with Crippen molar-refractivity contribution in [2.24, 2.45) is 5.73 Å². The second-order valence-electron chi connectivity index (χ2n) is 5.21. The average Bonchev–Trinajstić information content (AvgIpc) is 2.80. The van der Waals surface area contributed by atoms with Gasteiger partial charge >= 0.3 is 0 Å². The Morgan fingerprint density at radius 3 is 3.06 bits per heavy atom. The standard InChI is InChI=1S/C12H14N4O/c1-12(2)5-7(11(13)17)8-6-14-9-3-4-15-16(9)10(8)12/h3-4,6-7H,5H2,1-2H3,(H2,13,17). The second-order valence-corrected chi connectivity index (χ2v) is 5.21. The molecule has 88 valence electrons. The molecule has 1 unspecified atom stereocenters. The number of amides is 1. The minimum atomic E-state index is -0.287. The minimum absolute atomic E-state index is 0.109. The summed E-state index contributed by atoms with van der Waals surface area (Å²) in [7, 11) is 0. The third-order valence-electron chi connectivity index (χ3n) is 3.52. The molecule has 0 fully saturated rings. The molecule has 0 saturated carbocycles. The molecule has 0 bridgehead atoms. The van der Waals surface area contributed by atoms with Gasteiger partial charge in [-0.1, -0.05) is 13.8 Å². The zero-order valence-corrected chi connectivity index (χ0v) is 9.84. The fourth-order valence-electron chi connectivity index (χ4n) is 2.79. The van der Waals surface area contributed by atoms with Crippen molar-refractivity contribution < 1.29 is 4.79 Å². The molecule has 0 radical (unpaired) electrons. The minimum Gasteiger partial charge on any atom is -0.369 e. The molecule has 2 heterocycles. The molecule has 1 amide bonds. The van der Waals surface area contributed by atoms with E-state index in [1.54, 1.807) is 12.4 Å². The van der Waals surface area contributed by atoms with Crippen molar-refractivity contribution in [3.63, 3.8) is 0 Å². The number of hydrogen-bond acceptors (Lipinski definition) is 3. The van der Waals surface area contributed by atoms with Gasteiger partial charge in [-0.25, -0.2) is 9.50 Å². The predicted molar refractivity (Wildman–Crippen MR) is 62.6 cm³/mol. The Morgan fingerprint density at radius 1 is 1.59 bits per heavy atom. The lowest BCUT2D eigenvalue weighted by atomic mass is 9.89. The smallest absolute Gasteiger partial charge is 0.225 e. The molecule has 0 aromatic carbocycles. The van der Waals surface area contributed by atoms with Crippen LogP contribution in [0.25, 0.3) is 5.65 Å². The number of primary amides is 1. The highest BCUT2D eigenvalue weighted by Gasteiger charge is 2.42. The van der Waals surface area contributed by atoms with Gasteiger partial charge in [-0.15, -0.1) is 0 Å². The van der Waals surface area contributed by atoms with Gasteiger partial charge in [-0.3, -0.25) is 4.79 Å². The number of carbonyl (C=O) groups excluding carboxylic acids is 1. The first kappa shape index (κ1) is 10.3. The van der Waals surface area contributed by atoms with Crippen molar-refractivity contribution >= 4 is 11.6 Å². The molecular weight excluding hydrogens is 216 g/mol. The van der Waals surface area contributed by atoms with Crippen molar-refractivity contribution in [1.29, 1.82) is 0 Å². The quantitative estimate of drug-likeness (QED) is 0.793. The Hall–Kier alpha value is -1.91. The Kier molecular flexibility index (Phi) is 1.85. The summed E-state index contributed by atoms with van der Waals surface area (Å²) < 4.78 is 1.82. The first-order valence-electron chi connectivity index (χ1n) is 5.63. The Balaban J connectivity index is 2.35. The Morgan fingerprint density at radius 2 is 2.35 bits per heavy atom. The van der Waals surface area contributed by atoms with E-state index in [4.69, 9.17) is 5.73 Å². The van der Waals surface area contributed by atoms with E-state index in [1.165, 1.54) is 0 Å². The summed E-state index contributed by atoms with van der Waals surface area (Å²) in [5.41, 5.74) is 8.12. The summed E-state index contributed by atoms with van der Waals surface area (Å²) in [5.74, 6) is -0.536. The molecule has 1 aliphatic carbocycles. The lowest BCUT2D eigenvalue weighted by molar-refractivity contribution is -0.119. The van der Waals surface area contributed by atoms with Crippen molar-refractivity contribution in [2.45, 2.75) is 31.6 Å². The molecule has 17 heavy (non-hydrogen) atoms. The van der Waals surface area contributed by atoms with E-state index in [1.807, 2.05) is 10.6 Å². The number of carbonyl (C=O) groups is 1. The molecule has 5 nitrogen and oxygen atoms in total. The maximum Gasteiger partial charge on any atom is 0.225 e. The molecule has 2 aromatic rings. The van der Waals surface area contributed by atoms with E-state index >= 15 is 0 Å². The summed E-state index contributed by atoms with van der Waals surface area (Å²) in [6.07, 6.45) is 4.20. The molecule has 5 heteroatoms. The molecule has 2 N–H and O–H groups in total. The van der Waals surface area contributed by atoms with Crippen molar-refractivity contribution in [3.8, 4) is 0 Å². The van der Waals surface area contributed by atoms with Gasteiger partial charge in [0.05, 0.1) is 17.8 Å². The fourth-order valence-corrected chi connectivity index (χ4v) is 2.79. The Labute approximate surface area is 98.6 Å². The SMILES string of the molecule is CC1(C)CC(C(N)=O)c2cnc3ccnn3c21. The average molecular weight is 230 g/mol. The van der Waals surface area contributed by atoms with Crippen LogP contribution in [0.2, 0.25) is 0 Å². The largest absolute Gasteiger partial charge is 0.369 e. The van der Waals surface area contributed by atoms with Crippen LogP contribution in [-0.2, 0) is 10.2 Å². The molecule has 0 aliphatic heterocycles. The van der Waals surface area contributed by atoms with Crippen LogP contribution in [0.15, 0.2) is 18.5 Å². The monoisotopic (exact) mass is 230 g/mol. The van der Waals surface area contributed by atoms with Gasteiger partial charge in [0, 0.05) is 23.2 Å². The van der Waals surface area contributed by atoms with Gasteiger partial charge in [0.2, 0.25) is 5.91 Å². The third kappa shape index (κ3) is 1.28. The summed E-state index contributed by atoms with van der Waals surface area (Å²) in [6.45, 7) is 4.21. The van der Waals surface area contributed by atoms with E-state index in [0.29, 0.717) is 0 Å². The fraction of sp³-hybridized carbons (Fsp3) is 0.417. The highest BCUT2D eigenvalue weighted by atomic mass is 16.1. The van der Waals surface area contributed by atoms with E-state index < -0.39 is 0 Å². The molecule has 3 rings (SSSR count). The second kappa shape index (κ2) is 3.06. The lowest BCUT2D eigenvalue weighted by Crippen LogP contribution is -2.21. The third-order valence-corrected chi connectivity index (χ3v) is 3.52. The van der Waals surface area contributed by atoms with Crippen LogP contribution in [0.3, 0.4) is 0 Å². The van der Waals surface area contributed by atoms with Gasteiger partial charge in [-0.2, -0.15) is 5.10 Å². The van der Waals surface area contributed by atoms with Crippen LogP contribution < -0.4 is 5.73 Å². The van der Waals surface area contributed by atoms with Gasteiger partial charge in [0.25, 0.3) is 0 Å². The summed E-state index contributed by atoms with van der Waals surface area (Å²) in [6, 6.07) is 1.86. The lowest BCUT2D eigenvalue weighted by Gasteiger charge is -2.19. The molecule has 0 spiro atoms. The predicted octanol–water partition coefficient (Wildman–Crippen LogP) is 0.980. The first-order valence-corrected chi connectivity index (χ1v) is 5.63. The molecule has 0 saturated heterocycles. The van der Waals surface area contributed by atoms with Crippen molar-refractivity contribution in [2.75, 3.05) is 0 Å². The number of nitrogens with two attached hydrogens (primary N) is 1. The molecule has 1 atom stereocenters. The van der Waals surface area contributed by atoms with E-state index in [2.05, 4.69) is 23.9 Å². The number of rotatable bonds is 1. The maximum absolute atomic E-state index is 11.5. The summed E-state index contributed by atoms with van der Waals surface area (Å²) in [4.78, 5) is 15.8. The van der Waals surface area contributed by atoms with Gasteiger partial charge in [0.15, 0.2) is 5.65 Å². The maximum atomic E-state index is 11.5. The zero-order chi connectivity index (χ0) is 12.2. The highest BCUT2D eigenvalue weighted by Crippen LogP contribution is 2.44. The number of fused-ring (bicyclic) bond motifs is 3. The number of aromatic nitrogens is 3. The van der Waals surface area contributed by atoms with Crippen LogP contribution >= 0.6 is 0 Å². The van der Waals surface area contributed by atoms with Crippen LogP contribution in [0.4, 0.5) is 0 Å². The normalized spacial score (nSPS) is 21.6. The van der Waals surface area contributed by atoms with E-state index in [9.17, 15) is 4.79 Å². The van der Waals surface area contributed by atoms with Crippen molar-refractivity contribution in [3.05, 3.63) is 29.7 Å². The highest BCUT2D eigenvalue weighted by molar-refractivity contribution is 5.83. The van der Waals surface area contributed by atoms with Gasteiger partial charge in [-0.05, 0) is 6.42 Å². The summed E-state index contributed by atoms with van der Waals surface area (Å²) >= 11 is 0.